The van der Waals surface area contributed by atoms with Gasteiger partial charge in [0.1, 0.15) is 0 Å². The molecule has 2 nitrogen and oxygen atoms in total. The Morgan fingerprint density at radius 2 is 1.77 bits per heavy atom. The van der Waals surface area contributed by atoms with Gasteiger partial charge in [0.15, 0.2) is 0 Å². The molecule has 0 bridgehead atoms. The van der Waals surface area contributed by atoms with E-state index in [2.05, 4.69) is 0 Å². The summed E-state index contributed by atoms with van der Waals surface area (Å²) >= 11 is 0. The van der Waals surface area contributed by atoms with Crippen LogP contribution in [0.2, 0.25) is 0 Å². The summed E-state index contributed by atoms with van der Waals surface area (Å²) in [6, 6.07) is 0. The first-order chi connectivity index (χ1) is 5.92. The van der Waals surface area contributed by atoms with E-state index in [9.17, 15) is 13.6 Å². The van der Waals surface area contributed by atoms with Gasteiger partial charge in [0.2, 0.25) is 5.91 Å². The summed E-state index contributed by atoms with van der Waals surface area (Å²) < 4.78 is 25.4. The highest BCUT2D eigenvalue weighted by molar-refractivity contribution is 5.78. The van der Waals surface area contributed by atoms with Gasteiger partial charge in [-0.3, -0.25) is 4.79 Å². The fourth-order valence-electron chi connectivity index (χ4n) is 1.42. The van der Waals surface area contributed by atoms with Crippen molar-refractivity contribution in [3.05, 3.63) is 0 Å². The molecule has 0 spiro atoms. The van der Waals surface area contributed by atoms with Crippen LogP contribution in [0.5, 0.6) is 0 Å². The first-order valence-corrected chi connectivity index (χ1v) is 4.59. The SMILES string of the molecule is CC(C)C(=O)N1CCC(F)(F)CC1. The van der Waals surface area contributed by atoms with Crippen LogP contribution >= 0.6 is 0 Å². The molecule has 0 radical (unpaired) electrons. The summed E-state index contributed by atoms with van der Waals surface area (Å²) in [5, 5.41) is 0. The van der Waals surface area contributed by atoms with E-state index >= 15 is 0 Å². The third-order valence-corrected chi connectivity index (χ3v) is 2.30. The van der Waals surface area contributed by atoms with Gasteiger partial charge in [-0.1, -0.05) is 13.8 Å². The third-order valence-electron chi connectivity index (χ3n) is 2.30. The minimum Gasteiger partial charge on any atom is -0.342 e. The number of amides is 1. The molecule has 13 heavy (non-hydrogen) atoms. The number of carbonyl (C=O) groups is 1. The molecule has 0 atom stereocenters. The predicted molar refractivity (Wildman–Crippen MR) is 45.6 cm³/mol. The van der Waals surface area contributed by atoms with Crippen LogP contribution < -0.4 is 0 Å². The standard InChI is InChI=1S/C9H15F2NO/c1-7(2)8(13)12-5-3-9(10,11)4-6-12/h7H,3-6H2,1-2H3. The number of hydrogen-bond donors (Lipinski definition) is 0. The molecule has 1 amide bonds. The van der Waals surface area contributed by atoms with Crippen molar-refractivity contribution in [2.24, 2.45) is 5.92 Å². The lowest BCUT2D eigenvalue weighted by Gasteiger charge is -2.32. The van der Waals surface area contributed by atoms with Gasteiger partial charge in [-0.05, 0) is 0 Å². The Morgan fingerprint density at radius 1 is 1.31 bits per heavy atom. The Balaban J connectivity index is 2.46. The average Bonchev–Trinajstić information content (AvgIpc) is 2.03. The third kappa shape index (κ3) is 2.64. The van der Waals surface area contributed by atoms with Crippen molar-refractivity contribution in [1.82, 2.24) is 4.90 Å². The van der Waals surface area contributed by atoms with Crippen LogP contribution in [0.3, 0.4) is 0 Å². The molecule has 0 aromatic carbocycles. The van der Waals surface area contributed by atoms with E-state index in [0.29, 0.717) is 0 Å². The van der Waals surface area contributed by atoms with Crippen molar-refractivity contribution in [2.75, 3.05) is 13.1 Å². The topological polar surface area (TPSA) is 20.3 Å². The highest BCUT2D eigenvalue weighted by atomic mass is 19.3. The Hall–Kier alpha value is -0.670. The van der Waals surface area contributed by atoms with Gasteiger partial charge in [0.05, 0.1) is 0 Å². The molecule has 0 unspecified atom stereocenters. The van der Waals surface area contributed by atoms with E-state index in [1.807, 2.05) is 0 Å². The van der Waals surface area contributed by atoms with Crippen LogP contribution in [0.1, 0.15) is 26.7 Å². The van der Waals surface area contributed by atoms with Crippen LogP contribution in [0.15, 0.2) is 0 Å². The van der Waals surface area contributed by atoms with Gasteiger partial charge in [-0.2, -0.15) is 0 Å². The summed E-state index contributed by atoms with van der Waals surface area (Å²) in [7, 11) is 0. The smallest absolute Gasteiger partial charge is 0.251 e. The summed E-state index contributed by atoms with van der Waals surface area (Å²) in [5.41, 5.74) is 0. The zero-order chi connectivity index (χ0) is 10.1. The van der Waals surface area contributed by atoms with Crippen LogP contribution in [0.25, 0.3) is 0 Å². The second-order valence-electron chi connectivity index (χ2n) is 3.84. The number of carbonyl (C=O) groups excluding carboxylic acids is 1. The van der Waals surface area contributed by atoms with Crippen molar-refractivity contribution in [2.45, 2.75) is 32.6 Å². The highest BCUT2D eigenvalue weighted by Crippen LogP contribution is 2.28. The van der Waals surface area contributed by atoms with E-state index in [0.717, 1.165) is 0 Å². The highest BCUT2D eigenvalue weighted by Gasteiger charge is 2.35. The normalized spacial score (nSPS) is 22.1. The van der Waals surface area contributed by atoms with E-state index in [4.69, 9.17) is 0 Å². The molecular weight excluding hydrogens is 176 g/mol. The quantitative estimate of drug-likeness (QED) is 0.620. The first kappa shape index (κ1) is 10.4. The maximum absolute atomic E-state index is 12.7. The maximum atomic E-state index is 12.7. The van der Waals surface area contributed by atoms with Crippen molar-refractivity contribution in [3.8, 4) is 0 Å². The predicted octanol–water partition coefficient (Wildman–Crippen LogP) is 1.90. The maximum Gasteiger partial charge on any atom is 0.251 e. The molecule has 0 N–H and O–H groups in total. The number of likely N-dealkylation sites (tertiary alicyclic amines) is 1. The summed E-state index contributed by atoms with van der Waals surface area (Å²) in [4.78, 5) is 12.9. The van der Waals surface area contributed by atoms with Crippen LogP contribution in [-0.4, -0.2) is 29.8 Å². The van der Waals surface area contributed by atoms with Gasteiger partial charge in [0.25, 0.3) is 5.92 Å². The molecular formula is C9H15F2NO. The monoisotopic (exact) mass is 191 g/mol. The molecule has 0 aliphatic carbocycles. The fourth-order valence-corrected chi connectivity index (χ4v) is 1.42. The molecule has 1 aliphatic heterocycles. The van der Waals surface area contributed by atoms with E-state index in [1.165, 1.54) is 4.90 Å². The van der Waals surface area contributed by atoms with Crippen molar-refractivity contribution < 1.29 is 13.6 Å². The summed E-state index contributed by atoms with van der Waals surface area (Å²) in [6.45, 7) is 3.97. The number of halogens is 2. The second-order valence-corrected chi connectivity index (χ2v) is 3.84. The molecule has 0 aromatic heterocycles. The fraction of sp³-hybridized carbons (Fsp3) is 0.889. The number of piperidine rings is 1. The van der Waals surface area contributed by atoms with Crippen LogP contribution in [0, 0.1) is 5.92 Å². The molecule has 1 fully saturated rings. The minimum absolute atomic E-state index is 0.0181. The summed E-state index contributed by atoms with van der Waals surface area (Å²) in [5.74, 6) is -2.67. The Bertz CT molecular complexity index is 194. The van der Waals surface area contributed by atoms with Gasteiger partial charge < -0.3 is 4.90 Å². The zero-order valence-electron chi connectivity index (χ0n) is 8.02. The lowest BCUT2D eigenvalue weighted by Crippen LogP contribution is -2.44. The molecule has 0 aromatic rings. The molecule has 4 heteroatoms. The van der Waals surface area contributed by atoms with Crippen molar-refractivity contribution >= 4 is 5.91 Å². The van der Waals surface area contributed by atoms with E-state index in [-0.39, 0.29) is 37.8 Å². The van der Waals surface area contributed by atoms with Crippen molar-refractivity contribution in [3.63, 3.8) is 0 Å². The van der Waals surface area contributed by atoms with Gasteiger partial charge in [-0.15, -0.1) is 0 Å². The van der Waals surface area contributed by atoms with Gasteiger partial charge >= 0.3 is 0 Å². The summed E-state index contributed by atoms with van der Waals surface area (Å²) in [6.07, 6.45) is -0.378. The second kappa shape index (κ2) is 3.60. The van der Waals surface area contributed by atoms with Gasteiger partial charge in [0, 0.05) is 31.8 Å². The number of nitrogens with zero attached hydrogens (tertiary/aromatic N) is 1. The van der Waals surface area contributed by atoms with E-state index < -0.39 is 5.92 Å². The van der Waals surface area contributed by atoms with E-state index in [1.54, 1.807) is 13.8 Å². The van der Waals surface area contributed by atoms with Gasteiger partial charge in [-0.25, -0.2) is 8.78 Å². The zero-order valence-corrected chi connectivity index (χ0v) is 8.02. The molecule has 1 rings (SSSR count). The number of alkyl halides is 2. The molecule has 1 saturated heterocycles. The molecule has 1 aliphatic rings. The Kier molecular flexibility index (Phi) is 2.88. The Morgan fingerprint density at radius 3 is 2.15 bits per heavy atom. The van der Waals surface area contributed by atoms with Crippen molar-refractivity contribution in [1.29, 1.82) is 0 Å². The minimum atomic E-state index is -2.56. The number of hydrogen-bond acceptors (Lipinski definition) is 1. The largest absolute Gasteiger partial charge is 0.342 e. The lowest BCUT2D eigenvalue weighted by atomic mass is 10.0. The molecule has 1 heterocycles. The first-order valence-electron chi connectivity index (χ1n) is 4.59. The van der Waals surface area contributed by atoms with Crippen LogP contribution in [-0.2, 0) is 4.79 Å². The number of rotatable bonds is 1. The molecule has 0 saturated carbocycles. The van der Waals surface area contributed by atoms with Crippen LogP contribution in [0.4, 0.5) is 8.78 Å². The lowest BCUT2D eigenvalue weighted by molar-refractivity contribution is -0.140. The molecule has 76 valence electrons. The Labute approximate surface area is 76.9 Å². The average molecular weight is 191 g/mol.